The van der Waals surface area contributed by atoms with Crippen molar-refractivity contribution in [1.29, 1.82) is 0 Å². The fraction of sp³-hybridized carbons (Fsp3) is 0.278. The highest BCUT2D eigenvalue weighted by Gasteiger charge is 2.08. The molecule has 1 aromatic heterocycles. The molecule has 6 nitrogen and oxygen atoms in total. The number of tetrazole rings is 1. The van der Waals surface area contributed by atoms with Crippen molar-refractivity contribution in [3.8, 4) is 17.1 Å². The van der Waals surface area contributed by atoms with Crippen molar-refractivity contribution in [3.05, 3.63) is 59.9 Å². The van der Waals surface area contributed by atoms with E-state index in [4.69, 9.17) is 4.74 Å². The van der Waals surface area contributed by atoms with Gasteiger partial charge in [-0.05, 0) is 61.1 Å². The molecule has 0 N–H and O–H groups in total. The zero-order valence-electron chi connectivity index (χ0n) is 14.3. The predicted octanol–water partition coefficient (Wildman–Crippen LogP) is 2.97. The van der Waals surface area contributed by atoms with Crippen LogP contribution < -0.4 is 4.74 Å². The molecule has 7 heteroatoms. The molecule has 0 aliphatic heterocycles. The van der Waals surface area contributed by atoms with E-state index in [0.717, 1.165) is 17.9 Å². The summed E-state index contributed by atoms with van der Waals surface area (Å²) in [6.07, 6.45) is 0. The lowest BCUT2D eigenvalue weighted by Crippen LogP contribution is -2.23. The molecule has 0 amide bonds. The van der Waals surface area contributed by atoms with E-state index in [1.54, 1.807) is 12.1 Å². The average molecular weight is 341 g/mol. The normalized spacial score (nSPS) is 11.0. The molecule has 2 aromatic carbocycles. The molecule has 0 saturated carbocycles. The van der Waals surface area contributed by atoms with E-state index in [1.807, 2.05) is 38.2 Å². The third-order valence-corrected chi connectivity index (χ3v) is 3.61. The Labute approximate surface area is 145 Å². The monoisotopic (exact) mass is 341 g/mol. The fourth-order valence-electron chi connectivity index (χ4n) is 2.45. The van der Waals surface area contributed by atoms with Gasteiger partial charge in [-0.25, -0.2) is 4.39 Å². The zero-order valence-corrected chi connectivity index (χ0v) is 14.3. The molecule has 0 fully saturated rings. The maximum atomic E-state index is 13.0. The van der Waals surface area contributed by atoms with Gasteiger partial charge in [-0.15, -0.1) is 15.0 Å². The smallest absolute Gasteiger partial charge is 0.204 e. The van der Waals surface area contributed by atoms with Gasteiger partial charge in [0.25, 0.3) is 0 Å². The highest BCUT2D eigenvalue weighted by Crippen LogP contribution is 2.15. The molecule has 0 unspecified atom stereocenters. The van der Waals surface area contributed by atoms with Crippen LogP contribution in [-0.4, -0.2) is 38.8 Å². The first-order chi connectivity index (χ1) is 12.1. The first-order valence-electron chi connectivity index (χ1n) is 8.08. The summed E-state index contributed by atoms with van der Waals surface area (Å²) in [6.45, 7) is 3.88. The van der Waals surface area contributed by atoms with Crippen LogP contribution in [0.5, 0.6) is 5.75 Å². The molecule has 0 spiro atoms. The van der Waals surface area contributed by atoms with Crippen LogP contribution in [0.3, 0.4) is 0 Å². The molecule has 130 valence electrons. The summed E-state index contributed by atoms with van der Waals surface area (Å²) in [5.41, 5.74) is 1.91. The van der Waals surface area contributed by atoms with Crippen molar-refractivity contribution in [2.75, 3.05) is 13.7 Å². The minimum atomic E-state index is -0.286. The summed E-state index contributed by atoms with van der Waals surface area (Å²) in [5.74, 6) is 1.07. The number of nitrogens with zero attached hydrogens (tertiary/aromatic N) is 5. The highest BCUT2D eigenvalue weighted by molar-refractivity contribution is 5.53. The second kappa shape index (κ2) is 7.85. The maximum Gasteiger partial charge on any atom is 0.204 e. The Morgan fingerprint density at radius 2 is 1.80 bits per heavy atom. The summed E-state index contributed by atoms with van der Waals surface area (Å²) in [6, 6.07) is 14.1. The molecule has 3 rings (SSSR count). The maximum absolute atomic E-state index is 13.0. The quantitative estimate of drug-likeness (QED) is 0.661. The van der Waals surface area contributed by atoms with Crippen LogP contribution in [0.1, 0.15) is 12.5 Å². The zero-order chi connectivity index (χ0) is 17.6. The Balaban J connectivity index is 1.59. The predicted molar refractivity (Wildman–Crippen MR) is 92.3 cm³/mol. The third kappa shape index (κ3) is 4.60. The lowest BCUT2D eigenvalue weighted by Gasteiger charge is -2.15. The summed E-state index contributed by atoms with van der Waals surface area (Å²) >= 11 is 0. The number of ether oxygens (including phenoxy) is 1. The highest BCUT2D eigenvalue weighted by atomic mass is 19.1. The van der Waals surface area contributed by atoms with Gasteiger partial charge in [-0.3, -0.25) is 4.90 Å². The SMILES string of the molecule is CCOc1ccc(CN(C)Cn2nnc(-c3ccc(F)cc3)n2)cc1. The van der Waals surface area contributed by atoms with Crippen LogP contribution in [0.4, 0.5) is 4.39 Å². The molecule has 0 saturated heterocycles. The molecule has 0 atom stereocenters. The molecule has 0 radical (unpaired) electrons. The van der Waals surface area contributed by atoms with Crippen molar-refractivity contribution in [1.82, 2.24) is 25.1 Å². The van der Waals surface area contributed by atoms with E-state index in [0.29, 0.717) is 19.1 Å². The number of halogens is 1. The van der Waals surface area contributed by atoms with E-state index in [1.165, 1.54) is 22.5 Å². The Hall–Kier alpha value is -2.80. The number of aromatic nitrogens is 4. The lowest BCUT2D eigenvalue weighted by molar-refractivity contribution is 0.227. The van der Waals surface area contributed by atoms with Gasteiger partial charge in [-0.1, -0.05) is 12.1 Å². The summed E-state index contributed by atoms with van der Waals surface area (Å²) in [4.78, 5) is 3.60. The van der Waals surface area contributed by atoms with E-state index < -0.39 is 0 Å². The van der Waals surface area contributed by atoms with Crippen LogP contribution >= 0.6 is 0 Å². The van der Waals surface area contributed by atoms with Gasteiger partial charge in [0, 0.05) is 12.1 Å². The first kappa shape index (κ1) is 17.0. The van der Waals surface area contributed by atoms with Crippen LogP contribution in [0.15, 0.2) is 48.5 Å². The topological polar surface area (TPSA) is 56.1 Å². The van der Waals surface area contributed by atoms with Crippen LogP contribution in [0.2, 0.25) is 0 Å². The molecule has 1 heterocycles. The lowest BCUT2D eigenvalue weighted by atomic mass is 10.2. The first-order valence-corrected chi connectivity index (χ1v) is 8.08. The van der Waals surface area contributed by atoms with Crippen LogP contribution in [0, 0.1) is 5.82 Å². The summed E-state index contributed by atoms with van der Waals surface area (Å²) in [7, 11) is 1.98. The van der Waals surface area contributed by atoms with E-state index in [2.05, 4.69) is 20.3 Å². The van der Waals surface area contributed by atoms with Crippen molar-refractivity contribution in [2.24, 2.45) is 0 Å². The van der Waals surface area contributed by atoms with Crippen molar-refractivity contribution in [3.63, 3.8) is 0 Å². The second-order valence-corrected chi connectivity index (χ2v) is 5.72. The molecular formula is C18H20FN5O. The van der Waals surface area contributed by atoms with Gasteiger partial charge < -0.3 is 4.74 Å². The van der Waals surface area contributed by atoms with Gasteiger partial charge in [0.2, 0.25) is 5.82 Å². The van der Waals surface area contributed by atoms with Gasteiger partial charge in [-0.2, -0.15) is 0 Å². The largest absolute Gasteiger partial charge is 0.494 e. The fourth-order valence-corrected chi connectivity index (χ4v) is 2.45. The van der Waals surface area contributed by atoms with Crippen molar-refractivity contribution >= 4 is 0 Å². The van der Waals surface area contributed by atoms with Crippen molar-refractivity contribution in [2.45, 2.75) is 20.1 Å². The van der Waals surface area contributed by atoms with Crippen molar-refractivity contribution < 1.29 is 9.13 Å². The molecule has 0 aliphatic carbocycles. The molecule has 3 aromatic rings. The second-order valence-electron chi connectivity index (χ2n) is 5.72. The number of rotatable bonds is 7. The van der Waals surface area contributed by atoms with Crippen LogP contribution in [-0.2, 0) is 13.2 Å². The molecular weight excluding hydrogens is 321 g/mol. The molecule has 0 bridgehead atoms. The Bertz CT molecular complexity index is 801. The Kier molecular flexibility index (Phi) is 5.35. The summed E-state index contributed by atoms with van der Waals surface area (Å²) in [5, 5.41) is 12.4. The van der Waals surface area contributed by atoms with E-state index >= 15 is 0 Å². The van der Waals surface area contributed by atoms with Gasteiger partial charge in [0.1, 0.15) is 18.2 Å². The number of hydrogen-bond donors (Lipinski definition) is 0. The standard InChI is InChI=1S/C18H20FN5O/c1-3-25-17-10-4-14(5-11-17)12-23(2)13-24-21-18(20-22-24)15-6-8-16(19)9-7-15/h4-11H,3,12-13H2,1-2H3. The third-order valence-electron chi connectivity index (χ3n) is 3.61. The van der Waals surface area contributed by atoms with Gasteiger partial charge >= 0.3 is 0 Å². The molecule has 25 heavy (non-hydrogen) atoms. The average Bonchev–Trinajstić information content (AvgIpc) is 3.06. The van der Waals surface area contributed by atoms with Crippen LogP contribution in [0.25, 0.3) is 11.4 Å². The minimum Gasteiger partial charge on any atom is -0.494 e. The minimum absolute atomic E-state index is 0.286. The molecule has 0 aliphatic rings. The number of hydrogen-bond acceptors (Lipinski definition) is 5. The van der Waals surface area contributed by atoms with E-state index in [-0.39, 0.29) is 5.82 Å². The van der Waals surface area contributed by atoms with E-state index in [9.17, 15) is 4.39 Å². The Morgan fingerprint density at radius 1 is 1.08 bits per heavy atom. The van der Waals surface area contributed by atoms with Gasteiger partial charge in [0.15, 0.2) is 0 Å². The number of benzene rings is 2. The summed E-state index contributed by atoms with van der Waals surface area (Å²) < 4.78 is 18.4. The van der Waals surface area contributed by atoms with Gasteiger partial charge in [0.05, 0.1) is 6.61 Å². The Morgan fingerprint density at radius 3 is 2.48 bits per heavy atom.